The van der Waals surface area contributed by atoms with Crippen LogP contribution in [-0.2, 0) is 17.1 Å². The smallest absolute Gasteiger partial charge is 0.263 e. The molecule has 18 heavy (non-hydrogen) atoms. The van der Waals surface area contributed by atoms with Crippen LogP contribution >= 0.6 is 0 Å². The van der Waals surface area contributed by atoms with E-state index in [0.717, 1.165) is 0 Å². The van der Waals surface area contributed by atoms with Gasteiger partial charge in [-0.15, -0.1) is 0 Å². The highest BCUT2D eigenvalue weighted by molar-refractivity contribution is 7.92. The Morgan fingerprint density at radius 1 is 1.33 bits per heavy atom. The Labute approximate surface area is 105 Å². The fourth-order valence-corrected chi connectivity index (χ4v) is 2.95. The minimum absolute atomic E-state index is 0.170. The molecular weight excluding hydrogens is 252 g/mol. The van der Waals surface area contributed by atoms with Gasteiger partial charge in [0.15, 0.2) is 0 Å². The highest BCUT2D eigenvalue weighted by Gasteiger charge is 2.19. The molecule has 0 bridgehead atoms. The van der Waals surface area contributed by atoms with Crippen LogP contribution in [0.2, 0.25) is 0 Å². The summed E-state index contributed by atoms with van der Waals surface area (Å²) in [6.45, 7) is 1.67. The number of rotatable bonds is 3. The topological polar surface area (TPSA) is 90.0 Å². The molecule has 0 aliphatic heterocycles. The minimum atomic E-state index is -3.65. The first kappa shape index (κ1) is 12.4. The third kappa shape index (κ3) is 2.17. The first-order chi connectivity index (χ1) is 8.42. The van der Waals surface area contributed by atoms with Gasteiger partial charge in [-0.2, -0.15) is 5.10 Å². The normalized spacial score (nSPS) is 11.4. The average molecular weight is 266 g/mol. The summed E-state index contributed by atoms with van der Waals surface area (Å²) in [5.74, 6) is 0.400. The van der Waals surface area contributed by atoms with Crippen molar-refractivity contribution in [3.8, 4) is 0 Å². The van der Waals surface area contributed by atoms with Gasteiger partial charge in [0.1, 0.15) is 5.82 Å². The van der Waals surface area contributed by atoms with Crippen LogP contribution in [0.25, 0.3) is 0 Å². The number of nitrogen functional groups attached to an aromatic ring is 1. The molecule has 6 nitrogen and oxygen atoms in total. The van der Waals surface area contributed by atoms with Crippen LogP contribution in [0.15, 0.2) is 35.4 Å². The van der Waals surface area contributed by atoms with Crippen LogP contribution in [0.4, 0.5) is 11.5 Å². The van der Waals surface area contributed by atoms with E-state index < -0.39 is 10.0 Å². The van der Waals surface area contributed by atoms with E-state index in [4.69, 9.17) is 5.73 Å². The zero-order chi connectivity index (χ0) is 13.3. The Morgan fingerprint density at radius 2 is 2.06 bits per heavy atom. The second kappa shape index (κ2) is 4.34. The van der Waals surface area contributed by atoms with E-state index in [9.17, 15) is 8.42 Å². The van der Waals surface area contributed by atoms with Crippen LogP contribution < -0.4 is 10.5 Å². The van der Waals surface area contributed by atoms with Gasteiger partial charge in [0.25, 0.3) is 10.0 Å². The van der Waals surface area contributed by atoms with Gasteiger partial charge in [0.05, 0.1) is 11.1 Å². The zero-order valence-electron chi connectivity index (χ0n) is 10.1. The molecule has 0 amide bonds. The maximum Gasteiger partial charge on any atom is 0.263 e. The molecular formula is C11H14N4O2S. The van der Waals surface area contributed by atoms with Gasteiger partial charge in [0, 0.05) is 18.8 Å². The molecule has 2 aromatic rings. The summed E-state index contributed by atoms with van der Waals surface area (Å²) in [5.41, 5.74) is 6.69. The molecule has 7 heteroatoms. The first-order valence-corrected chi connectivity index (χ1v) is 6.76. The molecule has 1 aromatic heterocycles. The van der Waals surface area contributed by atoms with Crippen LogP contribution in [0.3, 0.4) is 0 Å². The predicted octanol–water partition coefficient (Wildman–Crippen LogP) is 1.11. The summed E-state index contributed by atoms with van der Waals surface area (Å²) in [6.07, 6.45) is 1.52. The lowest BCUT2D eigenvalue weighted by Crippen LogP contribution is -2.17. The Hall–Kier alpha value is -2.02. The maximum atomic E-state index is 12.2. The van der Waals surface area contributed by atoms with E-state index in [1.54, 1.807) is 32.2 Å². The minimum Gasteiger partial charge on any atom is -0.398 e. The number of hydrogen-bond acceptors (Lipinski definition) is 4. The number of sulfonamides is 1. The van der Waals surface area contributed by atoms with Crippen LogP contribution in [0.1, 0.15) is 5.56 Å². The summed E-state index contributed by atoms with van der Waals surface area (Å²) in [6, 6.07) is 6.38. The number of anilines is 2. The van der Waals surface area contributed by atoms with Gasteiger partial charge >= 0.3 is 0 Å². The van der Waals surface area contributed by atoms with E-state index in [0.29, 0.717) is 17.1 Å². The molecule has 0 fully saturated rings. The van der Waals surface area contributed by atoms with Gasteiger partial charge < -0.3 is 5.73 Å². The Balaban J connectivity index is 2.43. The molecule has 3 N–H and O–H groups in total. The molecule has 0 radical (unpaired) electrons. The number of nitrogens with zero attached hydrogens (tertiary/aromatic N) is 2. The Morgan fingerprint density at radius 3 is 2.67 bits per heavy atom. The Kier molecular flexibility index (Phi) is 3.00. The van der Waals surface area contributed by atoms with E-state index >= 15 is 0 Å². The SMILES string of the molecule is Cc1c(N)cccc1S(=O)(=O)Nc1ccnn1C. The van der Waals surface area contributed by atoms with Gasteiger partial charge in [-0.3, -0.25) is 9.40 Å². The summed E-state index contributed by atoms with van der Waals surface area (Å²) in [4.78, 5) is 0.170. The maximum absolute atomic E-state index is 12.2. The molecule has 0 spiro atoms. The number of benzene rings is 1. The van der Waals surface area contributed by atoms with Crippen molar-refractivity contribution in [2.75, 3.05) is 10.5 Å². The molecule has 1 heterocycles. The second-order valence-electron chi connectivity index (χ2n) is 3.92. The monoisotopic (exact) mass is 266 g/mol. The fraction of sp³-hybridized carbons (Fsp3) is 0.182. The first-order valence-electron chi connectivity index (χ1n) is 5.28. The summed E-state index contributed by atoms with van der Waals surface area (Å²) in [5, 5.41) is 3.90. The van der Waals surface area contributed by atoms with Crippen molar-refractivity contribution in [1.82, 2.24) is 9.78 Å². The van der Waals surface area contributed by atoms with Crippen molar-refractivity contribution >= 4 is 21.5 Å². The number of nitrogens with one attached hydrogen (secondary N) is 1. The third-order valence-electron chi connectivity index (χ3n) is 2.68. The van der Waals surface area contributed by atoms with E-state index in [1.165, 1.54) is 16.9 Å². The van der Waals surface area contributed by atoms with Crippen LogP contribution in [-0.4, -0.2) is 18.2 Å². The largest absolute Gasteiger partial charge is 0.398 e. The van der Waals surface area contributed by atoms with Gasteiger partial charge in [0.2, 0.25) is 0 Å². The number of aromatic nitrogens is 2. The Bertz CT molecular complexity index is 676. The molecule has 0 saturated carbocycles. The molecule has 1 aromatic carbocycles. The molecule has 2 rings (SSSR count). The molecule has 96 valence electrons. The van der Waals surface area contributed by atoms with E-state index in [1.807, 2.05) is 0 Å². The third-order valence-corrected chi connectivity index (χ3v) is 4.17. The lowest BCUT2D eigenvalue weighted by molar-refractivity contribution is 0.599. The molecule has 0 saturated heterocycles. The lowest BCUT2D eigenvalue weighted by atomic mass is 10.2. The standard InChI is InChI=1S/C11H14N4O2S/c1-8-9(12)4-3-5-10(8)18(16,17)14-11-6-7-13-15(11)2/h3-7,14H,12H2,1-2H3. The van der Waals surface area contributed by atoms with Crippen molar-refractivity contribution in [2.24, 2.45) is 7.05 Å². The quantitative estimate of drug-likeness (QED) is 0.814. The van der Waals surface area contributed by atoms with E-state index in [-0.39, 0.29) is 4.90 Å². The van der Waals surface area contributed by atoms with Crippen LogP contribution in [0, 0.1) is 6.92 Å². The van der Waals surface area contributed by atoms with Gasteiger partial charge in [-0.1, -0.05) is 6.07 Å². The predicted molar refractivity (Wildman–Crippen MR) is 69.6 cm³/mol. The molecule has 0 unspecified atom stereocenters. The molecule has 0 aliphatic rings. The highest BCUT2D eigenvalue weighted by Crippen LogP contribution is 2.22. The van der Waals surface area contributed by atoms with Gasteiger partial charge in [-0.05, 0) is 24.6 Å². The van der Waals surface area contributed by atoms with Gasteiger partial charge in [-0.25, -0.2) is 8.42 Å². The number of aryl methyl sites for hydroxylation is 1. The average Bonchev–Trinajstić information content (AvgIpc) is 2.67. The van der Waals surface area contributed by atoms with E-state index in [2.05, 4.69) is 9.82 Å². The fourth-order valence-electron chi connectivity index (χ4n) is 1.59. The van der Waals surface area contributed by atoms with Crippen LogP contribution in [0.5, 0.6) is 0 Å². The van der Waals surface area contributed by atoms with Crippen molar-refractivity contribution in [3.63, 3.8) is 0 Å². The lowest BCUT2D eigenvalue weighted by Gasteiger charge is -2.11. The zero-order valence-corrected chi connectivity index (χ0v) is 10.9. The molecule has 0 aliphatic carbocycles. The summed E-state index contributed by atoms with van der Waals surface area (Å²) < 4.78 is 28.3. The van der Waals surface area contributed by atoms with Crippen molar-refractivity contribution in [3.05, 3.63) is 36.0 Å². The second-order valence-corrected chi connectivity index (χ2v) is 5.57. The highest BCUT2D eigenvalue weighted by atomic mass is 32.2. The summed E-state index contributed by atoms with van der Waals surface area (Å²) in [7, 11) is -1.99. The number of nitrogens with two attached hydrogens (primary N) is 1. The molecule has 0 atom stereocenters. The van der Waals surface area contributed by atoms with Crippen molar-refractivity contribution in [2.45, 2.75) is 11.8 Å². The summed E-state index contributed by atoms with van der Waals surface area (Å²) >= 11 is 0. The van der Waals surface area contributed by atoms with Crippen molar-refractivity contribution in [1.29, 1.82) is 0 Å². The van der Waals surface area contributed by atoms with Crippen molar-refractivity contribution < 1.29 is 8.42 Å². The number of hydrogen-bond donors (Lipinski definition) is 2.